The maximum atomic E-state index is 12.4. The Kier molecular flexibility index (Phi) is 5.84. The molecular formula is C19H22N2O5. The van der Waals surface area contributed by atoms with Crippen molar-refractivity contribution in [3.63, 3.8) is 0 Å². The number of carbonyl (C=O) groups excluding carboxylic acids is 2. The second kappa shape index (κ2) is 7.88. The number of anilines is 1. The molecule has 0 aromatic heterocycles. The number of amides is 2. The Morgan fingerprint density at radius 2 is 1.69 bits per heavy atom. The van der Waals surface area contributed by atoms with Crippen LogP contribution in [0.2, 0.25) is 0 Å². The van der Waals surface area contributed by atoms with Crippen LogP contribution in [-0.2, 0) is 10.2 Å². The fraction of sp³-hybridized carbons (Fsp3) is 0.263. The third-order valence-corrected chi connectivity index (χ3v) is 4.29. The summed E-state index contributed by atoms with van der Waals surface area (Å²) in [6.45, 7) is 1.16. The standard InChI is InChI=1S/C19H22N2O5/c1-19(11-22,18(20)24)13-5-7-14(8-6-13)21-17(23)12-4-9-15(25-2)16(10-12)26-3/h4-10,22H,11H2,1-3H3,(H2,20,24)(H,21,23). The van der Waals surface area contributed by atoms with Crippen molar-refractivity contribution in [1.82, 2.24) is 0 Å². The maximum Gasteiger partial charge on any atom is 0.255 e. The van der Waals surface area contributed by atoms with E-state index in [2.05, 4.69) is 5.32 Å². The topological polar surface area (TPSA) is 111 Å². The van der Waals surface area contributed by atoms with E-state index < -0.39 is 17.9 Å². The number of methoxy groups -OCH3 is 2. The number of aliphatic hydroxyl groups excluding tert-OH is 1. The van der Waals surface area contributed by atoms with Crippen molar-refractivity contribution in [2.24, 2.45) is 5.73 Å². The van der Waals surface area contributed by atoms with Gasteiger partial charge < -0.3 is 25.6 Å². The minimum atomic E-state index is -1.17. The Balaban J connectivity index is 2.19. The highest BCUT2D eigenvalue weighted by Gasteiger charge is 2.32. The number of carbonyl (C=O) groups is 2. The fourth-order valence-corrected chi connectivity index (χ4v) is 2.41. The molecule has 1 atom stereocenters. The summed E-state index contributed by atoms with van der Waals surface area (Å²) in [5, 5.41) is 12.2. The van der Waals surface area contributed by atoms with Crippen LogP contribution in [0.4, 0.5) is 5.69 Å². The first kappa shape index (κ1) is 19.3. The number of nitrogens with one attached hydrogen (secondary N) is 1. The molecule has 2 aromatic rings. The molecule has 0 bridgehead atoms. The van der Waals surface area contributed by atoms with Crippen LogP contribution >= 0.6 is 0 Å². The zero-order valence-electron chi connectivity index (χ0n) is 14.9. The first-order valence-electron chi connectivity index (χ1n) is 7.90. The van der Waals surface area contributed by atoms with Gasteiger partial charge in [0.1, 0.15) is 0 Å². The molecule has 0 aliphatic heterocycles. The lowest BCUT2D eigenvalue weighted by atomic mass is 9.82. The van der Waals surface area contributed by atoms with Gasteiger partial charge in [0.05, 0.1) is 26.2 Å². The second-order valence-electron chi connectivity index (χ2n) is 5.96. The third kappa shape index (κ3) is 3.78. The van der Waals surface area contributed by atoms with Crippen LogP contribution in [-0.4, -0.2) is 37.7 Å². The van der Waals surface area contributed by atoms with E-state index in [1.165, 1.54) is 14.2 Å². The number of aliphatic hydroxyl groups is 1. The SMILES string of the molecule is COc1ccc(C(=O)Nc2ccc(C(C)(CO)C(N)=O)cc2)cc1OC. The number of ether oxygens (including phenoxy) is 2. The van der Waals surface area contributed by atoms with Crippen LogP contribution in [0.1, 0.15) is 22.8 Å². The van der Waals surface area contributed by atoms with Crippen molar-refractivity contribution in [1.29, 1.82) is 0 Å². The minimum Gasteiger partial charge on any atom is -0.493 e. The fourth-order valence-electron chi connectivity index (χ4n) is 2.41. The molecule has 0 spiro atoms. The number of primary amides is 1. The highest BCUT2D eigenvalue weighted by Crippen LogP contribution is 2.28. The van der Waals surface area contributed by atoms with E-state index in [1.807, 2.05) is 0 Å². The molecule has 0 aliphatic carbocycles. The predicted octanol–water partition coefficient (Wildman–Crippen LogP) is 1.69. The van der Waals surface area contributed by atoms with Crippen molar-refractivity contribution in [3.8, 4) is 11.5 Å². The predicted molar refractivity (Wildman–Crippen MR) is 97.6 cm³/mol. The molecule has 0 saturated carbocycles. The molecule has 0 heterocycles. The zero-order chi connectivity index (χ0) is 19.3. The number of hydrogen-bond acceptors (Lipinski definition) is 5. The second-order valence-corrected chi connectivity index (χ2v) is 5.96. The Morgan fingerprint density at radius 3 is 2.19 bits per heavy atom. The summed E-state index contributed by atoms with van der Waals surface area (Å²) in [7, 11) is 3.01. The molecule has 0 saturated heterocycles. The molecule has 2 aromatic carbocycles. The van der Waals surface area contributed by atoms with Crippen molar-refractivity contribution in [3.05, 3.63) is 53.6 Å². The van der Waals surface area contributed by atoms with Crippen molar-refractivity contribution < 1.29 is 24.2 Å². The normalized spacial score (nSPS) is 12.8. The molecule has 2 amide bonds. The number of nitrogens with two attached hydrogens (primary N) is 1. The highest BCUT2D eigenvalue weighted by atomic mass is 16.5. The van der Waals surface area contributed by atoms with Gasteiger partial charge in [0.15, 0.2) is 11.5 Å². The summed E-state index contributed by atoms with van der Waals surface area (Å²) in [5.74, 6) is 0.0412. The highest BCUT2D eigenvalue weighted by molar-refractivity contribution is 6.04. The third-order valence-electron chi connectivity index (χ3n) is 4.29. The summed E-state index contributed by atoms with van der Waals surface area (Å²) < 4.78 is 10.3. The van der Waals surface area contributed by atoms with E-state index in [-0.39, 0.29) is 5.91 Å². The molecule has 26 heavy (non-hydrogen) atoms. The van der Waals surface area contributed by atoms with E-state index in [0.29, 0.717) is 28.3 Å². The Bertz CT molecular complexity index is 804. The monoisotopic (exact) mass is 358 g/mol. The van der Waals surface area contributed by atoms with Crippen LogP contribution in [0.5, 0.6) is 11.5 Å². The summed E-state index contributed by atoms with van der Waals surface area (Å²) >= 11 is 0. The van der Waals surface area contributed by atoms with Gasteiger partial charge in [0.25, 0.3) is 5.91 Å². The Morgan fingerprint density at radius 1 is 1.08 bits per heavy atom. The molecule has 2 rings (SSSR count). The summed E-state index contributed by atoms with van der Waals surface area (Å²) in [4.78, 5) is 24.0. The number of rotatable bonds is 7. The van der Waals surface area contributed by atoms with E-state index in [0.717, 1.165) is 0 Å². The first-order chi connectivity index (χ1) is 12.3. The minimum absolute atomic E-state index is 0.321. The van der Waals surface area contributed by atoms with Gasteiger partial charge in [-0.3, -0.25) is 9.59 Å². The van der Waals surface area contributed by atoms with E-state index in [4.69, 9.17) is 15.2 Å². The average Bonchev–Trinajstić information content (AvgIpc) is 2.67. The molecule has 138 valence electrons. The van der Waals surface area contributed by atoms with Gasteiger partial charge >= 0.3 is 0 Å². The van der Waals surface area contributed by atoms with Crippen LogP contribution in [0.15, 0.2) is 42.5 Å². The molecule has 0 aliphatic rings. The van der Waals surface area contributed by atoms with Crippen molar-refractivity contribution in [2.75, 3.05) is 26.1 Å². The molecule has 0 radical (unpaired) electrons. The molecular weight excluding hydrogens is 336 g/mol. The molecule has 0 fully saturated rings. The number of benzene rings is 2. The van der Waals surface area contributed by atoms with Gasteiger partial charge in [0, 0.05) is 11.3 Å². The lowest BCUT2D eigenvalue weighted by Crippen LogP contribution is -2.41. The summed E-state index contributed by atoms with van der Waals surface area (Å²) in [5.41, 5.74) is 5.71. The van der Waals surface area contributed by atoms with Gasteiger partial charge in [-0.2, -0.15) is 0 Å². The van der Waals surface area contributed by atoms with Gasteiger partial charge in [-0.15, -0.1) is 0 Å². The maximum absolute atomic E-state index is 12.4. The van der Waals surface area contributed by atoms with E-state index >= 15 is 0 Å². The Hall–Kier alpha value is -3.06. The molecule has 7 nitrogen and oxygen atoms in total. The lowest BCUT2D eigenvalue weighted by molar-refractivity contribution is -0.124. The summed E-state index contributed by atoms with van der Waals surface area (Å²) in [6.07, 6.45) is 0. The average molecular weight is 358 g/mol. The van der Waals surface area contributed by atoms with Crippen LogP contribution < -0.4 is 20.5 Å². The van der Waals surface area contributed by atoms with Crippen LogP contribution in [0, 0.1) is 0 Å². The van der Waals surface area contributed by atoms with Crippen LogP contribution in [0.3, 0.4) is 0 Å². The van der Waals surface area contributed by atoms with E-state index in [9.17, 15) is 14.7 Å². The van der Waals surface area contributed by atoms with Gasteiger partial charge in [-0.25, -0.2) is 0 Å². The molecule has 1 unspecified atom stereocenters. The van der Waals surface area contributed by atoms with E-state index in [1.54, 1.807) is 49.4 Å². The zero-order valence-corrected chi connectivity index (χ0v) is 14.9. The quantitative estimate of drug-likeness (QED) is 0.697. The van der Waals surface area contributed by atoms with Gasteiger partial charge in [-0.1, -0.05) is 12.1 Å². The Labute approximate surface area is 151 Å². The van der Waals surface area contributed by atoms with Crippen molar-refractivity contribution >= 4 is 17.5 Å². The largest absolute Gasteiger partial charge is 0.493 e. The van der Waals surface area contributed by atoms with Crippen molar-refractivity contribution in [2.45, 2.75) is 12.3 Å². The van der Waals surface area contributed by atoms with Gasteiger partial charge in [-0.05, 0) is 42.8 Å². The molecule has 4 N–H and O–H groups in total. The summed E-state index contributed by atoms with van der Waals surface area (Å²) in [6, 6.07) is 11.4. The smallest absolute Gasteiger partial charge is 0.255 e. The van der Waals surface area contributed by atoms with Gasteiger partial charge in [0.2, 0.25) is 5.91 Å². The van der Waals surface area contributed by atoms with Crippen LogP contribution in [0.25, 0.3) is 0 Å². The lowest BCUT2D eigenvalue weighted by Gasteiger charge is -2.24. The number of hydrogen-bond donors (Lipinski definition) is 3. The first-order valence-corrected chi connectivity index (χ1v) is 7.90. The molecule has 7 heteroatoms.